The number of likely N-dealkylation sites (tertiary alicyclic amines) is 1. The van der Waals surface area contributed by atoms with Gasteiger partial charge in [0.15, 0.2) is 0 Å². The number of amides is 1. The van der Waals surface area contributed by atoms with Crippen LogP contribution in [0.25, 0.3) is 0 Å². The predicted molar refractivity (Wildman–Crippen MR) is 76.0 cm³/mol. The van der Waals surface area contributed by atoms with Crippen molar-refractivity contribution in [2.24, 2.45) is 11.8 Å². The van der Waals surface area contributed by atoms with Gasteiger partial charge >= 0.3 is 0 Å². The van der Waals surface area contributed by atoms with Gasteiger partial charge in [0.05, 0.1) is 6.61 Å². The summed E-state index contributed by atoms with van der Waals surface area (Å²) in [4.78, 5) is 14.0. The molecule has 0 aromatic rings. The summed E-state index contributed by atoms with van der Waals surface area (Å²) in [5, 5.41) is 3.74. The molecule has 1 aliphatic heterocycles. The van der Waals surface area contributed by atoms with Crippen molar-refractivity contribution in [2.75, 3.05) is 26.8 Å². The van der Waals surface area contributed by atoms with E-state index >= 15 is 0 Å². The summed E-state index contributed by atoms with van der Waals surface area (Å²) in [6.45, 7) is 6.58. The van der Waals surface area contributed by atoms with Crippen molar-refractivity contribution < 1.29 is 9.53 Å². The van der Waals surface area contributed by atoms with Gasteiger partial charge in [0.25, 0.3) is 0 Å². The Hall–Kier alpha value is -0.610. The Morgan fingerprint density at radius 2 is 1.89 bits per heavy atom. The lowest BCUT2D eigenvalue weighted by atomic mass is 10.0. The second kappa shape index (κ2) is 6.71. The maximum absolute atomic E-state index is 11.9. The molecule has 1 saturated carbocycles. The monoisotopic (exact) mass is 268 g/mol. The molecule has 1 heterocycles. The summed E-state index contributed by atoms with van der Waals surface area (Å²) in [5.74, 6) is 1.24. The average molecular weight is 268 g/mol. The molecule has 1 N–H and O–H groups in total. The Morgan fingerprint density at radius 3 is 2.37 bits per heavy atom. The highest BCUT2D eigenvalue weighted by atomic mass is 16.5. The van der Waals surface area contributed by atoms with Crippen LogP contribution in [0.2, 0.25) is 0 Å². The van der Waals surface area contributed by atoms with Crippen molar-refractivity contribution >= 4 is 5.91 Å². The third-order valence-corrected chi connectivity index (χ3v) is 4.29. The summed E-state index contributed by atoms with van der Waals surface area (Å²) in [5.41, 5.74) is 0. The first-order valence-corrected chi connectivity index (χ1v) is 7.65. The average Bonchev–Trinajstić information content (AvgIpc) is 3.22. The third-order valence-electron chi connectivity index (χ3n) is 4.29. The highest BCUT2D eigenvalue weighted by Crippen LogP contribution is 2.33. The van der Waals surface area contributed by atoms with Crippen LogP contribution in [-0.2, 0) is 9.53 Å². The van der Waals surface area contributed by atoms with E-state index in [-0.39, 0.29) is 5.92 Å². The maximum atomic E-state index is 11.9. The number of nitrogens with one attached hydrogen (secondary N) is 1. The number of rotatable bonds is 6. The van der Waals surface area contributed by atoms with Crippen LogP contribution in [0.3, 0.4) is 0 Å². The topological polar surface area (TPSA) is 41.6 Å². The molecule has 2 rings (SSSR count). The molecule has 1 atom stereocenters. The van der Waals surface area contributed by atoms with E-state index in [1.54, 1.807) is 7.11 Å². The molecule has 2 fully saturated rings. The highest BCUT2D eigenvalue weighted by molar-refractivity contribution is 5.78. The lowest BCUT2D eigenvalue weighted by Gasteiger charge is -2.35. The minimum absolute atomic E-state index is 0.122. The van der Waals surface area contributed by atoms with E-state index in [1.807, 2.05) is 18.7 Å². The van der Waals surface area contributed by atoms with Crippen molar-refractivity contribution in [3.8, 4) is 0 Å². The minimum Gasteiger partial charge on any atom is -0.383 e. The molecule has 1 saturated heterocycles. The summed E-state index contributed by atoms with van der Waals surface area (Å²) in [6, 6.07) is 1.07. The zero-order valence-electron chi connectivity index (χ0n) is 12.5. The van der Waals surface area contributed by atoms with Gasteiger partial charge in [-0.1, -0.05) is 13.8 Å². The van der Waals surface area contributed by atoms with Crippen LogP contribution in [0.1, 0.15) is 39.5 Å². The van der Waals surface area contributed by atoms with E-state index < -0.39 is 0 Å². The lowest BCUT2D eigenvalue weighted by Crippen LogP contribution is -2.50. The maximum Gasteiger partial charge on any atom is 0.225 e. The molecule has 1 unspecified atom stereocenters. The molecule has 2 aliphatic rings. The summed E-state index contributed by atoms with van der Waals surface area (Å²) < 4.78 is 5.31. The molecule has 0 radical (unpaired) electrons. The normalized spacial score (nSPS) is 22.8. The molecule has 19 heavy (non-hydrogen) atoms. The molecule has 0 spiro atoms. The molecular weight excluding hydrogens is 240 g/mol. The number of ether oxygens (including phenoxy) is 1. The van der Waals surface area contributed by atoms with E-state index in [0.29, 0.717) is 18.0 Å². The van der Waals surface area contributed by atoms with Crippen LogP contribution in [0.5, 0.6) is 0 Å². The van der Waals surface area contributed by atoms with Gasteiger partial charge in [0.1, 0.15) is 0 Å². The van der Waals surface area contributed by atoms with Gasteiger partial charge < -0.3 is 15.0 Å². The quantitative estimate of drug-likeness (QED) is 0.796. The first-order valence-electron chi connectivity index (χ1n) is 7.65. The Morgan fingerprint density at radius 1 is 1.26 bits per heavy atom. The molecule has 4 heteroatoms. The van der Waals surface area contributed by atoms with Crippen LogP contribution >= 0.6 is 0 Å². The van der Waals surface area contributed by atoms with Crippen molar-refractivity contribution in [3.63, 3.8) is 0 Å². The van der Waals surface area contributed by atoms with E-state index in [2.05, 4.69) is 5.32 Å². The number of hydrogen-bond acceptors (Lipinski definition) is 3. The van der Waals surface area contributed by atoms with Gasteiger partial charge in [-0.2, -0.15) is 0 Å². The Labute approximate surface area is 116 Å². The van der Waals surface area contributed by atoms with Crippen LogP contribution in [-0.4, -0.2) is 49.7 Å². The number of piperidine rings is 1. The molecule has 4 nitrogen and oxygen atoms in total. The highest BCUT2D eigenvalue weighted by Gasteiger charge is 2.33. The van der Waals surface area contributed by atoms with Crippen LogP contribution in [0.15, 0.2) is 0 Å². The summed E-state index contributed by atoms with van der Waals surface area (Å²) in [6.07, 6.45) is 4.83. The van der Waals surface area contributed by atoms with Crippen molar-refractivity contribution in [3.05, 3.63) is 0 Å². The Bertz CT molecular complexity index is 295. The fourth-order valence-electron chi connectivity index (χ4n) is 2.93. The van der Waals surface area contributed by atoms with Gasteiger partial charge in [-0.3, -0.25) is 4.79 Å². The molecule has 110 valence electrons. The van der Waals surface area contributed by atoms with Gasteiger partial charge in [0.2, 0.25) is 5.91 Å². The van der Waals surface area contributed by atoms with Crippen molar-refractivity contribution in [2.45, 2.75) is 51.6 Å². The zero-order valence-corrected chi connectivity index (χ0v) is 12.5. The molecule has 0 aromatic carbocycles. The van der Waals surface area contributed by atoms with E-state index in [4.69, 9.17) is 4.74 Å². The van der Waals surface area contributed by atoms with Gasteiger partial charge in [-0.15, -0.1) is 0 Å². The Balaban J connectivity index is 1.74. The van der Waals surface area contributed by atoms with Crippen molar-refractivity contribution in [1.29, 1.82) is 0 Å². The third kappa shape index (κ3) is 4.18. The van der Waals surface area contributed by atoms with Gasteiger partial charge in [0, 0.05) is 38.2 Å². The second-order valence-corrected chi connectivity index (χ2v) is 6.32. The molecule has 1 aliphatic carbocycles. The Kier molecular flexibility index (Phi) is 5.22. The largest absolute Gasteiger partial charge is 0.383 e. The summed E-state index contributed by atoms with van der Waals surface area (Å²) in [7, 11) is 1.78. The van der Waals surface area contributed by atoms with Crippen LogP contribution in [0, 0.1) is 11.8 Å². The number of carbonyl (C=O) groups excluding carboxylic acids is 1. The number of hydrogen-bond donors (Lipinski definition) is 1. The van der Waals surface area contributed by atoms with Gasteiger partial charge in [-0.05, 0) is 31.6 Å². The van der Waals surface area contributed by atoms with E-state index in [1.165, 1.54) is 12.8 Å². The van der Waals surface area contributed by atoms with Crippen LogP contribution in [0.4, 0.5) is 0 Å². The molecule has 0 bridgehead atoms. The first-order chi connectivity index (χ1) is 9.11. The standard InChI is InChI=1S/C15H28N2O2/c1-11(2)15(18)17-8-6-13(7-9-17)16-14(10-19-3)12-4-5-12/h11-14,16H,4-10H2,1-3H3. The van der Waals surface area contributed by atoms with Gasteiger partial charge in [-0.25, -0.2) is 0 Å². The number of carbonyl (C=O) groups is 1. The number of nitrogens with zero attached hydrogens (tertiary/aromatic N) is 1. The van der Waals surface area contributed by atoms with E-state index in [9.17, 15) is 4.79 Å². The molecule has 0 aromatic heterocycles. The lowest BCUT2D eigenvalue weighted by molar-refractivity contribution is -0.135. The summed E-state index contributed by atoms with van der Waals surface area (Å²) >= 11 is 0. The number of methoxy groups -OCH3 is 1. The molecule has 1 amide bonds. The molecular formula is C15H28N2O2. The predicted octanol–water partition coefficient (Wildman–Crippen LogP) is 1.65. The fraction of sp³-hybridized carbons (Fsp3) is 0.933. The SMILES string of the molecule is COCC(NC1CCN(C(=O)C(C)C)CC1)C1CC1. The van der Waals surface area contributed by atoms with Crippen molar-refractivity contribution in [1.82, 2.24) is 10.2 Å². The van der Waals surface area contributed by atoms with Crippen LogP contribution < -0.4 is 5.32 Å². The van der Waals surface area contributed by atoms with E-state index in [0.717, 1.165) is 38.5 Å². The fourth-order valence-corrected chi connectivity index (χ4v) is 2.93. The second-order valence-electron chi connectivity index (χ2n) is 6.32. The minimum atomic E-state index is 0.122. The zero-order chi connectivity index (χ0) is 13.8. The first kappa shape index (κ1) is 14.8. The smallest absolute Gasteiger partial charge is 0.225 e.